The van der Waals surface area contributed by atoms with Crippen LogP contribution in [0.15, 0.2) is 53.4 Å². The number of carbonyl (C=O) groups is 3. The van der Waals surface area contributed by atoms with E-state index in [4.69, 9.17) is 21.1 Å². The molecule has 2 aromatic carbocycles. The van der Waals surface area contributed by atoms with Crippen LogP contribution in [0.4, 0.5) is 4.79 Å². The molecule has 1 aliphatic rings. The molecule has 0 radical (unpaired) electrons. The highest BCUT2D eigenvalue weighted by molar-refractivity contribution is 8.18. The minimum Gasteiger partial charge on any atom is -0.489 e. The first kappa shape index (κ1) is 22.9. The maximum Gasteiger partial charge on any atom is 0.326 e. The van der Waals surface area contributed by atoms with Crippen molar-refractivity contribution < 1.29 is 23.9 Å². The van der Waals surface area contributed by atoms with Crippen molar-refractivity contribution in [2.45, 2.75) is 33.0 Å². The average Bonchev–Trinajstić information content (AvgIpc) is 3.00. The number of benzene rings is 2. The molecular weight excluding hydrogens is 438 g/mol. The molecule has 0 spiro atoms. The number of hydrogen-bond donors (Lipinski definition) is 0. The number of nitrogens with zero attached hydrogens (tertiary/aromatic N) is 1. The fourth-order valence-corrected chi connectivity index (χ4v) is 3.76. The molecule has 1 heterocycles. The van der Waals surface area contributed by atoms with Gasteiger partial charge in [-0.2, -0.15) is 0 Å². The fourth-order valence-electron chi connectivity index (χ4n) is 2.73. The quantitative estimate of drug-likeness (QED) is 0.394. The molecule has 0 aliphatic carbocycles. The van der Waals surface area contributed by atoms with E-state index < -0.39 is 23.7 Å². The van der Waals surface area contributed by atoms with E-state index in [1.165, 1.54) is 0 Å². The van der Waals surface area contributed by atoms with Gasteiger partial charge in [0.2, 0.25) is 0 Å². The van der Waals surface area contributed by atoms with Crippen molar-refractivity contribution in [3.05, 3.63) is 69.6 Å². The van der Waals surface area contributed by atoms with Gasteiger partial charge in [-0.15, -0.1) is 0 Å². The van der Waals surface area contributed by atoms with Crippen LogP contribution in [-0.4, -0.2) is 34.7 Å². The summed E-state index contributed by atoms with van der Waals surface area (Å²) in [7, 11) is 0. The third-order valence-corrected chi connectivity index (χ3v) is 5.85. The summed E-state index contributed by atoms with van der Waals surface area (Å²) in [4.78, 5) is 37.9. The third kappa shape index (κ3) is 6.12. The molecule has 6 nitrogen and oxygen atoms in total. The highest BCUT2D eigenvalue weighted by Gasteiger charge is 2.36. The summed E-state index contributed by atoms with van der Waals surface area (Å²) in [6.45, 7) is 3.55. The van der Waals surface area contributed by atoms with Crippen LogP contribution >= 0.6 is 23.4 Å². The maximum absolute atomic E-state index is 12.6. The Balaban J connectivity index is 1.67. The number of carbonyl (C=O) groups excluding carboxylic acids is 3. The predicted molar refractivity (Wildman–Crippen MR) is 121 cm³/mol. The lowest BCUT2D eigenvalue weighted by molar-refractivity contribution is -0.150. The molecule has 2 amide bonds. The Morgan fingerprint density at radius 1 is 1.19 bits per heavy atom. The summed E-state index contributed by atoms with van der Waals surface area (Å²) in [5, 5.41) is 0.127. The molecule has 162 valence electrons. The van der Waals surface area contributed by atoms with Crippen molar-refractivity contribution in [2.75, 3.05) is 6.54 Å². The summed E-state index contributed by atoms with van der Waals surface area (Å²) in [6, 6.07) is 14.6. The molecule has 3 rings (SSSR count). The number of hydrogen-bond acceptors (Lipinski definition) is 6. The Labute approximate surface area is 190 Å². The van der Waals surface area contributed by atoms with Gasteiger partial charge in [0, 0.05) is 10.6 Å². The monoisotopic (exact) mass is 459 g/mol. The van der Waals surface area contributed by atoms with Crippen molar-refractivity contribution >= 4 is 46.6 Å². The van der Waals surface area contributed by atoms with Gasteiger partial charge in [-0.1, -0.05) is 48.9 Å². The van der Waals surface area contributed by atoms with Crippen LogP contribution in [-0.2, 0) is 20.9 Å². The molecule has 0 bridgehead atoms. The number of esters is 1. The highest BCUT2D eigenvalue weighted by Crippen LogP contribution is 2.32. The Morgan fingerprint density at radius 2 is 1.97 bits per heavy atom. The normalized spacial score (nSPS) is 16.0. The zero-order valence-corrected chi connectivity index (χ0v) is 18.7. The predicted octanol–water partition coefficient (Wildman–Crippen LogP) is 5.30. The van der Waals surface area contributed by atoms with Crippen LogP contribution in [0.2, 0.25) is 5.02 Å². The summed E-state index contributed by atoms with van der Waals surface area (Å²) in [5.74, 6) is -0.517. The zero-order chi connectivity index (χ0) is 22.4. The van der Waals surface area contributed by atoms with Gasteiger partial charge >= 0.3 is 5.97 Å². The molecule has 8 heteroatoms. The van der Waals surface area contributed by atoms with Crippen molar-refractivity contribution in [1.29, 1.82) is 0 Å². The number of thioether (sulfide) groups is 1. The Morgan fingerprint density at radius 3 is 2.71 bits per heavy atom. The number of imide groups is 1. The number of amides is 2. The Kier molecular flexibility index (Phi) is 7.76. The molecule has 2 aromatic rings. The van der Waals surface area contributed by atoms with Crippen LogP contribution in [0.5, 0.6) is 5.75 Å². The maximum atomic E-state index is 12.6. The zero-order valence-electron chi connectivity index (χ0n) is 17.2. The van der Waals surface area contributed by atoms with Crippen LogP contribution in [0.1, 0.15) is 31.4 Å². The van der Waals surface area contributed by atoms with Gasteiger partial charge in [-0.05, 0) is 54.9 Å². The van der Waals surface area contributed by atoms with Crippen LogP contribution in [0.3, 0.4) is 0 Å². The lowest BCUT2D eigenvalue weighted by Crippen LogP contribution is -2.35. The van der Waals surface area contributed by atoms with Gasteiger partial charge in [0.05, 0.1) is 11.0 Å². The van der Waals surface area contributed by atoms with Gasteiger partial charge < -0.3 is 9.47 Å². The van der Waals surface area contributed by atoms with Crippen LogP contribution in [0, 0.1) is 0 Å². The van der Waals surface area contributed by atoms with E-state index in [1.807, 2.05) is 25.1 Å². The largest absolute Gasteiger partial charge is 0.489 e. The lowest BCUT2D eigenvalue weighted by Gasteiger charge is -2.14. The minimum absolute atomic E-state index is 0.240. The second kappa shape index (κ2) is 10.5. The van der Waals surface area contributed by atoms with Gasteiger partial charge in [0.15, 0.2) is 0 Å². The summed E-state index contributed by atoms with van der Waals surface area (Å²) in [5.41, 5.74) is 1.56. The molecule has 0 unspecified atom stereocenters. The molecule has 31 heavy (non-hydrogen) atoms. The van der Waals surface area contributed by atoms with Crippen LogP contribution < -0.4 is 4.74 Å². The topological polar surface area (TPSA) is 72.9 Å². The molecule has 1 saturated heterocycles. The van der Waals surface area contributed by atoms with E-state index in [0.717, 1.165) is 22.2 Å². The Bertz CT molecular complexity index is 1020. The van der Waals surface area contributed by atoms with E-state index in [1.54, 1.807) is 43.3 Å². The van der Waals surface area contributed by atoms with Gasteiger partial charge in [0.25, 0.3) is 11.1 Å². The standard InChI is InChI=1S/C23H22ClNO5S/c1-3-15(2)30-21(26)13-25-22(27)20(31-23(25)28)12-16-7-6-9-18(11-16)29-14-17-8-4-5-10-19(17)24/h4-12,15H,3,13-14H2,1-2H3/b20-12+/t15-/m1/s1. The first-order valence-electron chi connectivity index (χ1n) is 9.78. The summed E-state index contributed by atoms with van der Waals surface area (Å²) >= 11 is 6.94. The second-order valence-corrected chi connectivity index (χ2v) is 8.33. The average molecular weight is 460 g/mol. The van der Waals surface area contributed by atoms with E-state index in [9.17, 15) is 14.4 Å². The van der Waals surface area contributed by atoms with Crippen molar-refractivity contribution in [2.24, 2.45) is 0 Å². The highest BCUT2D eigenvalue weighted by atomic mass is 35.5. The van der Waals surface area contributed by atoms with Crippen molar-refractivity contribution in [3.63, 3.8) is 0 Å². The Hall–Kier alpha value is -2.77. The van der Waals surface area contributed by atoms with Crippen LogP contribution in [0.25, 0.3) is 6.08 Å². The SMILES string of the molecule is CC[C@@H](C)OC(=O)CN1C(=O)S/C(=C/c2cccc(OCc3ccccc3Cl)c2)C1=O. The second-order valence-electron chi connectivity index (χ2n) is 6.93. The molecule has 1 fully saturated rings. The molecule has 0 aromatic heterocycles. The van der Waals surface area contributed by atoms with Gasteiger partial charge in [-0.3, -0.25) is 19.3 Å². The fraction of sp³-hybridized carbons (Fsp3) is 0.261. The smallest absolute Gasteiger partial charge is 0.326 e. The summed E-state index contributed by atoms with van der Waals surface area (Å²) in [6.07, 6.45) is 1.99. The minimum atomic E-state index is -0.604. The first-order valence-corrected chi connectivity index (χ1v) is 11.0. The van der Waals surface area contributed by atoms with Gasteiger partial charge in [-0.25, -0.2) is 0 Å². The van der Waals surface area contributed by atoms with E-state index in [-0.39, 0.29) is 11.0 Å². The number of ether oxygens (including phenoxy) is 2. The lowest BCUT2D eigenvalue weighted by atomic mass is 10.2. The molecular formula is C23H22ClNO5S. The van der Waals surface area contributed by atoms with Crippen molar-refractivity contribution in [3.8, 4) is 5.75 Å². The summed E-state index contributed by atoms with van der Waals surface area (Å²) < 4.78 is 11.0. The third-order valence-electron chi connectivity index (χ3n) is 4.58. The molecule has 0 saturated carbocycles. The van der Waals surface area contributed by atoms with E-state index >= 15 is 0 Å². The molecule has 1 atom stereocenters. The molecule has 0 N–H and O–H groups in total. The number of rotatable bonds is 8. The van der Waals surface area contributed by atoms with E-state index in [2.05, 4.69) is 0 Å². The first-order chi connectivity index (χ1) is 14.9. The van der Waals surface area contributed by atoms with Crippen molar-refractivity contribution in [1.82, 2.24) is 4.90 Å². The van der Waals surface area contributed by atoms with E-state index in [0.29, 0.717) is 29.4 Å². The number of halogens is 1. The molecule has 1 aliphatic heterocycles. The van der Waals surface area contributed by atoms with Gasteiger partial charge in [0.1, 0.15) is 18.9 Å².